The number of hydrogen-bond donors (Lipinski definition) is 2. The van der Waals surface area contributed by atoms with Gasteiger partial charge in [0.25, 0.3) is 0 Å². The van der Waals surface area contributed by atoms with Gasteiger partial charge in [0, 0.05) is 16.8 Å². The number of ether oxygens (including phenoxy) is 1. The van der Waals surface area contributed by atoms with E-state index in [9.17, 15) is 4.79 Å². The number of thioether (sulfide) groups is 1. The smallest absolute Gasteiger partial charge is 0.319 e. The van der Waals surface area contributed by atoms with Gasteiger partial charge in [0.15, 0.2) is 11.0 Å². The topological polar surface area (TPSA) is 81.1 Å². The Bertz CT molecular complexity index is 1560. The van der Waals surface area contributed by atoms with E-state index in [1.54, 1.807) is 18.9 Å². The second kappa shape index (κ2) is 11.4. The molecule has 0 aliphatic heterocycles. The molecule has 0 bridgehead atoms. The molecule has 7 nitrogen and oxygen atoms in total. The van der Waals surface area contributed by atoms with E-state index in [0.29, 0.717) is 11.6 Å². The average molecular weight is 524 g/mol. The number of nitrogens with one attached hydrogen (secondary N) is 2. The van der Waals surface area contributed by atoms with Gasteiger partial charge in [0.1, 0.15) is 5.75 Å². The number of fused-ring (bicyclic) bond motifs is 1. The molecule has 0 aliphatic carbocycles. The molecule has 0 radical (unpaired) electrons. The van der Waals surface area contributed by atoms with E-state index >= 15 is 0 Å². The number of methoxy groups -OCH3 is 1. The molecule has 4 aromatic carbocycles. The van der Waals surface area contributed by atoms with Crippen molar-refractivity contribution in [3.8, 4) is 11.4 Å². The van der Waals surface area contributed by atoms with Gasteiger partial charge >= 0.3 is 6.03 Å². The van der Waals surface area contributed by atoms with Gasteiger partial charge in [0.05, 0.1) is 18.8 Å². The van der Waals surface area contributed by atoms with E-state index < -0.39 is 6.04 Å². The van der Waals surface area contributed by atoms with E-state index in [4.69, 9.17) is 4.74 Å². The molecule has 192 valence electrons. The van der Waals surface area contributed by atoms with Gasteiger partial charge in [-0.1, -0.05) is 78.0 Å². The van der Waals surface area contributed by atoms with Crippen LogP contribution in [-0.4, -0.2) is 27.9 Å². The number of carbonyl (C=O) groups is 1. The maximum Gasteiger partial charge on any atom is 0.319 e. The maximum atomic E-state index is 13.0. The molecule has 2 amide bonds. The number of aromatic nitrogens is 3. The van der Waals surface area contributed by atoms with Crippen LogP contribution in [0.1, 0.15) is 29.9 Å². The highest BCUT2D eigenvalue weighted by Crippen LogP contribution is 2.29. The summed E-state index contributed by atoms with van der Waals surface area (Å²) in [6.07, 6.45) is 0. The van der Waals surface area contributed by atoms with Crippen LogP contribution in [0.15, 0.2) is 96.2 Å². The van der Waals surface area contributed by atoms with Crippen molar-refractivity contribution in [2.24, 2.45) is 0 Å². The lowest BCUT2D eigenvalue weighted by molar-refractivity contribution is 0.249. The predicted molar refractivity (Wildman–Crippen MR) is 153 cm³/mol. The van der Waals surface area contributed by atoms with Crippen molar-refractivity contribution < 1.29 is 9.53 Å². The van der Waals surface area contributed by atoms with Crippen LogP contribution < -0.4 is 15.4 Å². The first kappa shape index (κ1) is 25.4. The molecule has 0 aliphatic rings. The lowest BCUT2D eigenvalue weighted by Crippen LogP contribution is -2.32. The third-order valence-corrected chi connectivity index (χ3v) is 7.23. The summed E-state index contributed by atoms with van der Waals surface area (Å²) in [5, 5.41) is 17.8. The number of aryl methyl sites for hydroxylation is 1. The van der Waals surface area contributed by atoms with E-state index in [2.05, 4.69) is 46.0 Å². The highest BCUT2D eigenvalue weighted by atomic mass is 32.2. The molecule has 0 fully saturated rings. The quantitative estimate of drug-likeness (QED) is 0.216. The number of hydrogen-bond acceptors (Lipinski definition) is 5. The molecule has 5 aromatic rings. The number of nitrogens with zero attached hydrogens (tertiary/aromatic N) is 3. The van der Waals surface area contributed by atoms with Crippen molar-refractivity contribution in [3.63, 3.8) is 0 Å². The Kier molecular flexibility index (Phi) is 7.60. The van der Waals surface area contributed by atoms with Crippen molar-refractivity contribution in [2.45, 2.75) is 30.8 Å². The van der Waals surface area contributed by atoms with Crippen LogP contribution in [0.4, 0.5) is 10.5 Å². The Balaban J connectivity index is 1.38. The second-order valence-corrected chi connectivity index (χ2v) is 9.94. The lowest BCUT2D eigenvalue weighted by atomic mass is 10.1. The number of carbonyl (C=O) groups excluding carboxylic acids is 1. The Morgan fingerprint density at radius 2 is 1.74 bits per heavy atom. The molecule has 0 spiro atoms. The molecule has 5 rings (SSSR count). The highest BCUT2D eigenvalue weighted by molar-refractivity contribution is 7.98. The molecule has 1 heterocycles. The van der Waals surface area contributed by atoms with Crippen LogP contribution in [0.25, 0.3) is 16.5 Å². The third kappa shape index (κ3) is 5.65. The Labute approximate surface area is 226 Å². The molecule has 1 unspecified atom stereocenters. The van der Waals surface area contributed by atoms with Crippen molar-refractivity contribution in [2.75, 3.05) is 12.4 Å². The Hall–Kier alpha value is -4.30. The summed E-state index contributed by atoms with van der Waals surface area (Å²) in [6, 6.07) is 29.3. The summed E-state index contributed by atoms with van der Waals surface area (Å²) in [5.41, 5.74) is 3.97. The molecule has 8 heteroatoms. The summed E-state index contributed by atoms with van der Waals surface area (Å²) in [5.74, 6) is 2.17. The van der Waals surface area contributed by atoms with E-state index in [0.717, 1.165) is 44.2 Å². The molecule has 0 saturated carbocycles. The standard InChI is InChI=1S/C30H29N5O2S/c1-20-14-16-24(17-15-20)35-28(33-34-30(35)38-19-22-8-6-11-25(18-22)37-3)21(2)31-29(36)32-27-13-7-10-23-9-4-5-12-26(23)27/h4-18,21H,19H2,1-3H3,(H2,31,32,36). The van der Waals surface area contributed by atoms with Crippen LogP contribution in [0, 0.1) is 6.92 Å². The number of amides is 2. The third-order valence-electron chi connectivity index (χ3n) is 6.23. The zero-order valence-corrected chi connectivity index (χ0v) is 22.3. The minimum absolute atomic E-state index is 0.308. The van der Waals surface area contributed by atoms with Crippen molar-refractivity contribution in [3.05, 3.63) is 108 Å². The zero-order valence-electron chi connectivity index (χ0n) is 21.5. The van der Waals surface area contributed by atoms with Crippen LogP contribution >= 0.6 is 11.8 Å². The minimum atomic E-state index is -0.398. The van der Waals surface area contributed by atoms with Crippen LogP contribution in [0.2, 0.25) is 0 Å². The molecule has 1 atom stereocenters. The summed E-state index contributed by atoms with van der Waals surface area (Å²) in [4.78, 5) is 13.0. The second-order valence-electron chi connectivity index (χ2n) is 9.00. The number of anilines is 1. The SMILES string of the molecule is COc1cccc(CSc2nnc(C(C)NC(=O)Nc3cccc4ccccc34)n2-c2ccc(C)cc2)c1. The van der Waals surface area contributed by atoms with Gasteiger partial charge in [-0.25, -0.2) is 4.79 Å². The molecule has 1 aromatic heterocycles. The van der Waals surface area contributed by atoms with Crippen LogP contribution in [0.5, 0.6) is 5.75 Å². The fourth-order valence-electron chi connectivity index (χ4n) is 4.26. The van der Waals surface area contributed by atoms with Crippen molar-refractivity contribution in [1.29, 1.82) is 0 Å². The maximum absolute atomic E-state index is 13.0. The molecular formula is C30H29N5O2S. The summed E-state index contributed by atoms with van der Waals surface area (Å²) < 4.78 is 7.37. The number of rotatable bonds is 8. The number of benzene rings is 4. The predicted octanol–water partition coefficient (Wildman–Crippen LogP) is 6.91. The van der Waals surface area contributed by atoms with Gasteiger partial charge in [-0.3, -0.25) is 4.57 Å². The van der Waals surface area contributed by atoms with E-state index in [1.807, 2.05) is 84.3 Å². The van der Waals surface area contributed by atoms with Gasteiger partial charge in [0.2, 0.25) is 0 Å². The Morgan fingerprint density at radius 3 is 2.55 bits per heavy atom. The molecule has 38 heavy (non-hydrogen) atoms. The minimum Gasteiger partial charge on any atom is -0.497 e. The van der Waals surface area contributed by atoms with Crippen LogP contribution in [-0.2, 0) is 5.75 Å². The van der Waals surface area contributed by atoms with E-state index in [1.165, 1.54) is 0 Å². The normalized spacial score (nSPS) is 11.8. The largest absolute Gasteiger partial charge is 0.497 e. The Morgan fingerprint density at radius 1 is 0.974 bits per heavy atom. The fraction of sp³-hybridized carbons (Fsp3) is 0.167. The average Bonchev–Trinajstić information content (AvgIpc) is 3.37. The first-order chi connectivity index (χ1) is 18.5. The molecule has 0 saturated heterocycles. The van der Waals surface area contributed by atoms with Crippen molar-refractivity contribution in [1.82, 2.24) is 20.1 Å². The van der Waals surface area contributed by atoms with Gasteiger partial charge in [-0.15, -0.1) is 10.2 Å². The van der Waals surface area contributed by atoms with Gasteiger partial charge in [-0.05, 0) is 55.1 Å². The van der Waals surface area contributed by atoms with Gasteiger partial charge < -0.3 is 15.4 Å². The van der Waals surface area contributed by atoms with E-state index in [-0.39, 0.29) is 6.03 Å². The molecular weight excluding hydrogens is 494 g/mol. The van der Waals surface area contributed by atoms with Gasteiger partial charge in [-0.2, -0.15) is 0 Å². The lowest BCUT2D eigenvalue weighted by Gasteiger charge is -2.17. The summed E-state index contributed by atoms with van der Waals surface area (Å²) in [7, 11) is 1.66. The summed E-state index contributed by atoms with van der Waals surface area (Å²) in [6.45, 7) is 3.96. The highest BCUT2D eigenvalue weighted by Gasteiger charge is 2.21. The monoisotopic (exact) mass is 523 g/mol. The fourth-order valence-corrected chi connectivity index (χ4v) is 5.16. The van der Waals surface area contributed by atoms with Crippen molar-refractivity contribution >= 4 is 34.3 Å². The van der Waals surface area contributed by atoms with Crippen LogP contribution in [0.3, 0.4) is 0 Å². The zero-order chi connectivity index (χ0) is 26.5. The number of urea groups is 1. The first-order valence-corrected chi connectivity index (χ1v) is 13.3. The summed E-state index contributed by atoms with van der Waals surface area (Å²) >= 11 is 1.58. The first-order valence-electron chi connectivity index (χ1n) is 12.3. The molecule has 2 N–H and O–H groups in total.